The molecule has 8 heteroatoms. The molecule has 0 spiro atoms. The van der Waals surface area contributed by atoms with Crippen LogP contribution >= 0.6 is 0 Å². The minimum absolute atomic E-state index is 0.0142. The zero-order valence-electron chi connectivity index (χ0n) is 9.63. The van der Waals surface area contributed by atoms with Gasteiger partial charge in [0.1, 0.15) is 13.1 Å². The fraction of sp³-hybridized carbons (Fsp3) is 0.889. The van der Waals surface area contributed by atoms with E-state index in [9.17, 15) is 13.2 Å². The average Bonchev–Trinajstić information content (AvgIpc) is 2.22. The van der Waals surface area contributed by atoms with Crippen molar-refractivity contribution >= 4 is 15.9 Å². The van der Waals surface area contributed by atoms with Gasteiger partial charge in [0.2, 0.25) is 5.88 Å². The summed E-state index contributed by atoms with van der Waals surface area (Å²) in [5.41, 5.74) is 0. The van der Waals surface area contributed by atoms with Crippen molar-refractivity contribution in [3.8, 4) is 0 Å². The number of nitrogens with zero attached hydrogens (tertiary/aromatic N) is 1. The molecule has 7 nitrogen and oxygen atoms in total. The molecule has 0 radical (unpaired) electrons. The third-order valence-electron chi connectivity index (χ3n) is 2.89. The van der Waals surface area contributed by atoms with Crippen molar-refractivity contribution < 1.29 is 27.9 Å². The van der Waals surface area contributed by atoms with Crippen LogP contribution in [0.3, 0.4) is 0 Å². The van der Waals surface area contributed by atoms with E-state index in [-0.39, 0.29) is 45.2 Å². The second-order valence-electron chi connectivity index (χ2n) is 4.18. The number of quaternary nitrogens is 1. The second-order valence-corrected chi connectivity index (χ2v) is 5.95. The van der Waals surface area contributed by atoms with Crippen LogP contribution in [0.2, 0.25) is 0 Å². The van der Waals surface area contributed by atoms with E-state index < -0.39 is 20.4 Å². The number of sulfonamides is 1. The van der Waals surface area contributed by atoms with Crippen LogP contribution in [-0.4, -0.2) is 67.7 Å². The third kappa shape index (κ3) is 3.71. The Labute approximate surface area is 101 Å². The van der Waals surface area contributed by atoms with E-state index >= 15 is 0 Å². The van der Waals surface area contributed by atoms with E-state index in [0.717, 1.165) is 0 Å². The molecule has 3 N–H and O–H groups in total. The lowest BCUT2D eigenvalue weighted by atomic mass is 10.2. The maximum Gasteiger partial charge on any atom is 0.314 e. The van der Waals surface area contributed by atoms with Gasteiger partial charge in [0.15, 0.2) is 0 Å². The van der Waals surface area contributed by atoms with E-state index in [1.807, 2.05) is 0 Å². The second kappa shape index (κ2) is 5.87. The molecule has 0 aromatic heterocycles. The number of rotatable bonds is 4. The Balaban J connectivity index is 3.03. The summed E-state index contributed by atoms with van der Waals surface area (Å²) in [4.78, 5) is 12.0. The zero-order valence-corrected chi connectivity index (χ0v) is 10.4. The number of amides is 1. The molecule has 0 saturated carbocycles. The smallest absolute Gasteiger partial charge is 0.314 e. The van der Waals surface area contributed by atoms with E-state index in [4.69, 9.17) is 10.2 Å². The summed E-state index contributed by atoms with van der Waals surface area (Å²) in [6.07, 6.45) is 0.692. The van der Waals surface area contributed by atoms with E-state index in [2.05, 4.69) is 4.72 Å². The topological polar surface area (TPSA) is 104 Å². The lowest BCUT2D eigenvalue weighted by Gasteiger charge is -2.35. The van der Waals surface area contributed by atoms with Gasteiger partial charge in [-0.2, -0.15) is 0 Å². The molecule has 1 amide bonds. The summed E-state index contributed by atoms with van der Waals surface area (Å²) in [5.74, 6) is -0.648. The fourth-order valence-electron chi connectivity index (χ4n) is 2.02. The highest BCUT2D eigenvalue weighted by Crippen LogP contribution is 2.15. The molecule has 0 bridgehead atoms. The van der Waals surface area contributed by atoms with Crippen LogP contribution in [0.1, 0.15) is 12.8 Å². The summed E-state index contributed by atoms with van der Waals surface area (Å²) in [5, 5.41) is 18.0. The number of carbonyl (C=O) groups excluding carboxylic acids is 1. The summed E-state index contributed by atoms with van der Waals surface area (Å²) >= 11 is 0. The average molecular weight is 267 g/mol. The molecular formula is C9H19N2O5S+. The zero-order chi connectivity index (χ0) is 12.9. The number of carbonyl (C=O) groups is 1. The van der Waals surface area contributed by atoms with Crippen LogP contribution in [0.25, 0.3) is 0 Å². The first-order valence-corrected chi connectivity index (χ1v) is 7.19. The van der Waals surface area contributed by atoms with Crippen molar-refractivity contribution in [3.05, 3.63) is 0 Å². The first-order valence-electron chi connectivity index (χ1n) is 5.54. The van der Waals surface area contributed by atoms with Gasteiger partial charge in [-0.25, -0.2) is 22.4 Å². The molecule has 1 saturated heterocycles. The van der Waals surface area contributed by atoms with Gasteiger partial charge in [0.25, 0.3) is 10.0 Å². The van der Waals surface area contributed by atoms with Gasteiger partial charge in [-0.15, -0.1) is 0 Å². The van der Waals surface area contributed by atoms with Crippen molar-refractivity contribution in [2.45, 2.75) is 12.8 Å². The van der Waals surface area contributed by atoms with Crippen molar-refractivity contribution in [2.75, 3.05) is 38.7 Å². The van der Waals surface area contributed by atoms with Crippen LogP contribution in [0.4, 0.5) is 0 Å². The molecule has 1 fully saturated rings. The molecule has 1 aliphatic heterocycles. The van der Waals surface area contributed by atoms with Gasteiger partial charge >= 0.3 is 5.91 Å². The maximum atomic E-state index is 12.0. The maximum absolute atomic E-state index is 12.0. The van der Waals surface area contributed by atoms with Crippen LogP contribution in [0, 0.1) is 0 Å². The van der Waals surface area contributed by atoms with Crippen molar-refractivity contribution in [1.29, 1.82) is 0 Å². The predicted octanol–water partition coefficient (Wildman–Crippen LogP) is -2.01. The highest BCUT2D eigenvalue weighted by molar-refractivity contribution is 7.89. The molecule has 1 heterocycles. The van der Waals surface area contributed by atoms with Gasteiger partial charge in [-0.1, -0.05) is 0 Å². The van der Waals surface area contributed by atoms with Gasteiger partial charge < -0.3 is 10.2 Å². The van der Waals surface area contributed by atoms with Crippen LogP contribution in [0.5, 0.6) is 0 Å². The van der Waals surface area contributed by atoms with Crippen LogP contribution in [0.15, 0.2) is 0 Å². The molecule has 100 valence electrons. The quantitative estimate of drug-likeness (QED) is 0.510. The Morgan fingerprint density at radius 3 is 2.35 bits per heavy atom. The number of nitrogens with one attached hydrogen (secondary N) is 1. The largest absolute Gasteiger partial charge is 0.390 e. The normalized spacial score (nSPS) is 24.0. The van der Waals surface area contributed by atoms with Gasteiger partial charge in [0, 0.05) is 6.54 Å². The Morgan fingerprint density at radius 1 is 1.24 bits per heavy atom. The lowest BCUT2D eigenvalue weighted by Crippen LogP contribution is -2.60. The molecule has 17 heavy (non-hydrogen) atoms. The van der Waals surface area contributed by atoms with Crippen molar-refractivity contribution in [2.24, 2.45) is 0 Å². The molecule has 0 aromatic carbocycles. The third-order valence-corrected chi connectivity index (χ3v) is 4.37. The molecule has 1 aliphatic rings. The number of aliphatic hydroxyl groups excluding tert-OH is 2. The van der Waals surface area contributed by atoms with Gasteiger partial charge in [0.05, 0.1) is 19.6 Å². The van der Waals surface area contributed by atoms with E-state index in [1.165, 1.54) is 0 Å². The SMILES string of the molecule is O=C1CCCNS(=O)(=O)C[N+]1(CCO)CCO. The number of aliphatic hydroxyl groups is 2. The lowest BCUT2D eigenvalue weighted by molar-refractivity contribution is -0.844. The Morgan fingerprint density at radius 2 is 1.82 bits per heavy atom. The van der Waals surface area contributed by atoms with Crippen LogP contribution < -0.4 is 4.72 Å². The Bertz CT molecular complexity index is 362. The number of hydrogen-bond acceptors (Lipinski definition) is 5. The monoisotopic (exact) mass is 267 g/mol. The molecule has 0 aromatic rings. The minimum Gasteiger partial charge on any atom is -0.390 e. The number of hydrogen-bond donors (Lipinski definition) is 3. The standard InChI is InChI=1S/C9H19N2O5S/c12-6-4-11(5-7-13)8-17(15,16)10-3-1-2-9(11)14/h10,12-13H,1-8H2/q+1. The Hall–Kier alpha value is -0.540. The summed E-state index contributed by atoms with van der Waals surface area (Å²) in [6, 6.07) is 0. The van der Waals surface area contributed by atoms with Crippen LogP contribution in [-0.2, 0) is 14.8 Å². The molecule has 1 rings (SSSR count). The highest BCUT2D eigenvalue weighted by Gasteiger charge is 2.40. The van der Waals surface area contributed by atoms with E-state index in [0.29, 0.717) is 6.42 Å². The highest BCUT2D eigenvalue weighted by atomic mass is 32.2. The molecule has 0 aliphatic carbocycles. The fourth-order valence-corrected chi connectivity index (χ4v) is 3.62. The minimum atomic E-state index is -3.55. The van der Waals surface area contributed by atoms with Gasteiger partial charge in [-0.3, -0.25) is 0 Å². The Kier molecular flexibility index (Phi) is 5.02. The predicted molar refractivity (Wildman–Crippen MR) is 60.2 cm³/mol. The first kappa shape index (κ1) is 14.5. The van der Waals surface area contributed by atoms with E-state index in [1.54, 1.807) is 0 Å². The van der Waals surface area contributed by atoms with Gasteiger partial charge in [-0.05, 0) is 6.42 Å². The summed E-state index contributed by atoms with van der Waals surface area (Å²) in [7, 11) is -3.55. The van der Waals surface area contributed by atoms with Crippen molar-refractivity contribution in [3.63, 3.8) is 0 Å². The summed E-state index contributed by atoms with van der Waals surface area (Å²) in [6.45, 7) is -0.296. The first-order chi connectivity index (χ1) is 7.96. The molecule has 0 unspecified atom stereocenters. The molecule has 0 atom stereocenters. The van der Waals surface area contributed by atoms with Crippen molar-refractivity contribution in [1.82, 2.24) is 4.72 Å². The summed E-state index contributed by atoms with van der Waals surface area (Å²) < 4.78 is 25.4. The molecular weight excluding hydrogens is 248 g/mol.